The highest BCUT2D eigenvalue weighted by Gasteiger charge is 2.34. The second kappa shape index (κ2) is 4.02. The van der Waals surface area contributed by atoms with E-state index in [1.807, 2.05) is 0 Å². The summed E-state index contributed by atoms with van der Waals surface area (Å²) in [5, 5.41) is 8.49. The minimum Gasteiger partial charge on any atom is -0.401 e. The maximum absolute atomic E-state index is 12.9. The van der Waals surface area contributed by atoms with Gasteiger partial charge in [0, 0.05) is 0 Å². The first-order valence-corrected chi connectivity index (χ1v) is 4.14. The number of nitriles is 1. The molecule has 1 rings (SSSR count). The van der Waals surface area contributed by atoms with Crippen molar-refractivity contribution < 1.29 is 22.3 Å². The Balaban J connectivity index is 3.28. The molecule has 0 aliphatic rings. The highest BCUT2D eigenvalue weighted by Crippen LogP contribution is 2.31. The lowest BCUT2D eigenvalue weighted by atomic mass is 10.3. The molecule has 80 valence electrons. The van der Waals surface area contributed by atoms with Crippen molar-refractivity contribution in [2.45, 2.75) is 6.36 Å². The molecule has 0 aliphatic carbocycles. The van der Waals surface area contributed by atoms with Crippen molar-refractivity contribution >= 4 is 15.9 Å². The molecule has 1 aromatic heterocycles. The van der Waals surface area contributed by atoms with Gasteiger partial charge in [-0.1, -0.05) is 0 Å². The van der Waals surface area contributed by atoms with E-state index in [-0.39, 0.29) is 4.60 Å². The van der Waals surface area contributed by atoms with Crippen molar-refractivity contribution in [3.8, 4) is 11.8 Å². The van der Waals surface area contributed by atoms with E-state index >= 15 is 0 Å². The number of alkyl halides is 3. The van der Waals surface area contributed by atoms with Crippen LogP contribution in [0.4, 0.5) is 17.6 Å². The molecule has 15 heavy (non-hydrogen) atoms. The molecule has 0 fully saturated rings. The Morgan fingerprint density at radius 3 is 2.53 bits per heavy atom. The molecule has 0 amide bonds. The minimum atomic E-state index is -5.06. The Labute approximate surface area is 89.4 Å². The number of nitrogens with zero attached hydrogens (tertiary/aromatic N) is 2. The van der Waals surface area contributed by atoms with Crippen LogP contribution in [0.3, 0.4) is 0 Å². The van der Waals surface area contributed by atoms with Gasteiger partial charge in [0.25, 0.3) is 0 Å². The van der Waals surface area contributed by atoms with Crippen LogP contribution in [0.15, 0.2) is 10.8 Å². The average Bonchev–Trinajstić information content (AvgIpc) is 2.10. The van der Waals surface area contributed by atoms with Crippen LogP contribution in [0.1, 0.15) is 5.56 Å². The van der Waals surface area contributed by atoms with Crippen LogP contribution in [0.5, 0.6) is 5.75 Å². The average molecular weight is 285 g/mol. The summed E-state index contributed by atoms with van der Waals surface area (Å²) in [6, 6.07) is 1.35. The summed E-state index contributed by atoms with van der Waals surface area (Å²) >= 11 is 2.70. The van der Waals surface area contributed by atoms with E-state index in [0.29, 0.717) is 6.20 Å². The first-order valence-electron chi connectivity index (χ1n) is 3.35. The van der Waals surface area contributed by atoms with Gasteiger partial charge in [-0.3, -0.25) is 0 Å². The van der Waals surface area contributed by atoms with E-state index in [0.717, 1.165) is 0 Å². The first-order chi connectivity index (χ1) is 6.85. The Bertz CT molecular complexity index is 426. The second-order valence-corrected chi connectivity index (χ2v) is 3.01. The lowest BCUT2D eigenvalue weighted by molar-refractivity contribution is -0.275. The van der Waals surface area contributed by atoms with Gasteiger partial charge in [-0.05, 0) is 15.9 Å². The lowest BCUT2D eigenvalue weighted by Crippen LogP contribution is -2.19. The largest absolute Gasteiger partial charge is 0.573 e. The van der Waals surface area contributed by atoms with Gasteiger partial charge >= 0.3 is 6.36 Å². The topological polar surface area (TPSA) is 45.9 Å². The summed E-state index contributed by atoms with van der Waals surface area (Å²) in [5.41, 5.74) is -0.646. The molecular weight excluding hydrogens is 284 g/mol. The van der Waals surface area contributed by atoms with E-state index < -0.39 is 23.5 Å². The third kappa shape index (κ3) is 2.79. The van der Waals surface area contributed by atoms with Crippen molar-refractivity contribution in [2.24, 2.45) is 0 Å². The second-order valence-electron chi connectivity index (χ2n) is 2.26. The number of halogens is 5. The fraction of sp³-hybridized carbons (Fsp3) is 0.143. The zero-order valence-electron chi connectivity index (χ0n) is 6.77. The van der Waals surface area contributed by atoms with E-state index in [1.165, 1.54) is 6.07 Å². The minimum absolute atomic E-state index is 0.217. The zero-order valence-corrected chi connectivity index (χ0v) is 8.36. The van der Waals surface area contributed by atoms with Crippen LogP contribution >= 0.6 is 15.9 Å². The van der Waals surface area contributed by atoms with E-state index in [1.54, 1.807) is 0 Å². The number of aromatic nitrogens is 1. The van der Waals surface area contributed by atoms with Crippen LogP contribution in [-0.2, 0) is 0 Å². The number of pyridine rings is 1. The smallest absolute Gasteiger partial charge is 0.401 e. The first kappa shape index (κ1) is 11.7. The summed E-state index contributed by atoms with van der Waals surface area (Å²) in [6.07, 6.45) is -4.54. The fourth-order valence-corrected chi connectivity index (χ4v) is 1.13. The maximum atomic E-state index is 12.9. The van der Waals surface area contributed by atoms with Crippen molar-refractivity contribution in [1.82, 2.24) is 4.98 Å². The molecule has 0 radical (unpaired) electrons. The van der Waals surface area contributed by atoms with E-state index in [9.17, 15) is 17.6 Å². The van der Waals surface area contributed by atoms with Gasteiger partial charge < -0.3 is 4.74 Å². The standard InChI is InChI=1S/C7HBrF4N2O/c8-6-3(1-13)5(4(9)2-14-6)15-7(10,11)12/h2H. The normalized spacial score (nSPS) is 10.9. The quantitative estimate of drug-likeness (QED) is 0.588. The van der Waals surface area contributed by atoms with Crippen molar-refractivity contribution in [3.05, 3.63) is 22.2 Å². The molecule has 0 aromatic carbocycles. The fourth-order valence-electron chi connectivity index (χ4n) is 0.762. The number of ether oxygens (including phenoxy) is 1. The Morgan fingerprint density at radius 2 is 2.07 bits per heavy atom. The summed E-state index contributed by atoms with van der Waals surface area (Å²) in [4.78, 5) is 3.31. The molecule has 0 spiro atoms. The van der Waals surface area contributed by atoms with Gasteiger partial charge in [0.1, 0.15) is 16.2 Å². The molecule has 0 bridgehead atoms. The predicted molar refractivity (Wildman–Crippen MR) is 43.3 cm³/mol. The Hall–Kier alpha value is -1.36. The van der Waals surface area contributed by atoms with Crippen molar-refractivity contribution in [2.75, 3.05) is 0 Å². The Morgan fingerprint density at radius 1 is 1.47 bits per heavy atom. The highest BCUT2D eigenvalue weighted by atomic mass is 79.9. The van der Waals surface area contributed by atoms with Gasteiger partial charge in [0.2, 0.25) is 0 Å². The van der Waals surface area contributed by atoms with Gasteiger partial charge in [0.05, 0.1) is 6.20 Å². The lowest BCUT2D eigenvalue weighted by Gasteiger charge is -2.10. The van der Waals surface area contributed by atoms with Crippen LogP contribution in [0.25, 0.3) is 0 Å². The number of hydrogen-bond donors (Lipinski definition) is 0. The molecule has 0 atom stereocenters. The van der Waals surface area contributed by atoms with Crippen LogP contribution < -0.4 is 4.74 Å². The van der Waals surface area contributed by atoms with Crippen molar-refractivity contribution in [3.63, 3.8) is 0 Å². The van der Waals surface area contributed by atoms with Gasteiger partial charge in [-0.15, -0.1) is 13.2 Å². The predicted octanol–water partition coefficient (Wildman–Crippen LogP) is 2.75. The highest BCUT2D eigenvalue weighted by molar-refractivity contribution is 9.10. The molecule has 0 N–H and O–H groups in total. The molecule has 8 heteroatoms. The molecular formula is C7HBrF4N2O. The third-order valence-electron chi connectivity index (χ3n) is 1.27. The molecule has 0 saturated carbocycles. The van der Waals surface area contributed by atoms with Crippen molar-refractivity contribution in [1.29, 1.82) is 5.26 Å². The SMILES string of the molecule is N#Cc1c(Br)ncc(F)c1OC(F)(F)F. The Kier molecular flexibility index (Phi) is 3.14. The monoisotopic (exact) mass is 284 g/mol. The maximum Gasteiger partial charge on any atom is 0.573 e. The van der Waals surface area contributed by atoms with E-state index in [4.69, 9.17) is 5.26 Å². The molecule has 3 nitrogen and oxygen atoms in total. The molecule has 0 aliphatic heterocycles. The summed E-state index contributed by atoms with van der Waals surface area (Å²) in [6.45, 7) is 0. The van der Waals surface area contributed by atoms with Crippen LogP contribution in [0, 0.1) is 17.1 Å². The number of hydrogen-bond acceptors (Lipinski definition) is 3. The molecule has 0 saturated heterocycles. The van der Waals surface area contributed by atoms with Gasteiger partial charge in [0.15, 0.2) is 11.6 Å². The summed E-state index contributed by atoms with van der Waals surface area (Å²) < 4.78 is 51.5. The van der Waals surface area contributed by atoms with E-state index in [2.05, 4.69) is 25.7 Å². The summed E-state index contributed by atoms with van der Waals surface area (Å²) in [7, 11) is 0. The third-order valence-corrected chi connectivity index (χ3v) is 1.87. The van der Waals surface area contributed by atoms with Gasteiger partial charge in [-0.25, -0.2) is 9.37 Å². The molecule has 1 heterocycles. The van der Waals surface area contributed by atoms with Crippen LogP contribution in [0.2, 0.25) is 0 Å². The van der Waals surface area contributed by atoms with Crippen LogP contribution in [-0.4, -0.2) is 11.3 Å². The summed E-state index contributed by atoms with van der Waals surface area (Å²) in [5.74, 6) is -2.54. The zero-order chi connectivity index (χ0) is 11.6. The molecule has 0 unspecified atom stereocenters. The molecule has 1 aromatic rings. The number of rotatable bonds is 1. The van der Waals surface area contributed by atoms with Gasteiger partial charge in [-0.2, -0.15) is 5.26 Å².